The first-order valence-corrected chi connectivity index (χ1v) is 11.9. The number of carbonyl (C=O) groups excluding carboxylic acids is 3. The smallest absolute Gasteiger partial charge is 0.421 e. The molecule has 0 aliphatic carbocycles. The number of esters is 2. The maximum atomic E-state index is 13.3. The highest BCUT2D eigenvalue weighted by atomic mass is 16.8. The zero-order chi connectivity index (χ0) is 24.4. The van der Waals surface area contributed by atoms with Gasteiger partial charge in [0.2, 0.25) is 0 Å². The number of likely N-dealkylation sites (tertiary alicyclic amines) is 1. The molecule has 184 valence electrons. The number of carbonyl (C=O) groups is 3. The zero-order valence-corrected chi connectivity index (χ0v) is 19.6. The van der Waals surface area contributed by atoms with Crippen molar-refractivity contribution in [1.29, 1.82) is 0 Å². The predicted molar refractivity (Wildman–Crippen MR) is 125 cm³/mol. The summed E-state index contributed by atoms with van der Waals surface area (Å²) in [6, 6.07) is 15.3. The number of hydrogen-bond donors (Lipinski definition) is 0. The van der Waals surface area contributed by atoms with E-state index in [9.17, 15) is 14.4 Å². The fourth-order valence-corrected chi connectivity index (χ4v) is 4.96. The number of benzene rings is 2. The highest BCUT2D eigenvalue weighted by Gasteiger charge is 2.58. The van der Waals surface area contributed by atoms with Crippen LogP contribution in [0.4, 0.5) is 5.69 Å². The largest absolute Gasteiger partial charge is 0.493 e. The lowest BCUT2D eigenvalue weighted by Gasteiger charge is -2.36. The lowest BCUT2D eigenvalue weighted by molar-refractivity contribution is -0.192. The van der Waals surface area contributed by atoms with Gasteiger partial charge >= 0.3 is 23.6 Å². The Morgan fingerprint density at radius 3 is 2.46 bits per heavy atom. The number of piperidine rings is 1. The van der Waals surface area contributed by atoms with Gasteiger partial charge in [-0.3, -0.25) is 9.69 Å². The average molecular weight is 481 g/mol. The topological polar surface area (TPSA) is 94.6 Å². The maximum absolute atomic E-state index is 13.3. The molecule has 1 amide bonds. The standard InChI is InChI=1S/C26H28N2O7/c1-32-21-9-4-5-10-22(21)33-19-12-16-27(17-19)15-11-18-7-2-3-8-20(18)28-14-6-13-26(25(28)31)34-23(29)24(30)35-26/h2-5,7-10,19H,6,11-17H2,1H3. The van der Waals surface area contributed by atoms with Gasteiger partial charge in [-0.05, 0) is 43.0 Å². The molecule has 0 bridgehead atoms. The fraction of sp³-hybridized carbons (Fsp3) is 0.423. The highest BCUT2D eigenvalue weighted by Crippen LogP contribution is 2.36. The van der Waals surface area contributed by atoms with Gasteiger partial charge in [-0.15, -0.1) is 0 Å². The highest BCUT2D eigenvalue weighted by molar-refractivity contribution is 6.32. The summed E-state index contributed by atoms with van der Waals surface area (Å²) in [5.41, 5.74) is 1.75. The van der Waals surface area contributed by atoms with Gasteiger partial charge in [-0.1, -0.05) is 30.3 Å². The van der Waals surface area contributed by atoms with E-state index in [-0.39, 0.29) is 12.5 Å². The van der Waals surface area contributed by atoms with Crippen molar-refractivity contribution < 1.29 is 33.3 Å². The molecule has 1 unspecified atom stereocenters. The molecule has 0 radical (unpaired) electrons. The molecule has 2 aromatic carbocycles. The minimum atomic E-state index is -1.84. The van der Waals surface area contributed by atoms with Crippen molar-refractivity contribution in [1.82, 2.24) is 4.90 Å². The van der Waals surface area contributed by atoms with Crippen LogP contribution < -0.4 is 14.4 Å². The van der Waals surface area contributed by atoms with Crippen LogP contribution in [0.15, 0.2) is 48.5 Å². The molecule has 0 N–H and O–H groups in total. The number of nitrogens with zero attached hydrogens (tertiary/aromatic N) is 2. The van der Waals surface area contributed by atoms with E-state index in [1.165, 1.54) is 0 Å². The van der Waals surface area contributed by atoms with Gasteiger partial charge in [-0.2, -0.15) is 0 Å². The number of para-hydroxylation sites is 3. The first-order valence-electron chi connectivity index (χ1n) is 11.9. The van der Waals surface area contributed by atoms with Crippen LogP contribution in [0.1, 0.15) is 24.8 Å². The van der Waals surface area contributed by atoms with E-state index in [2.05, 4.69) is 4.90 Å². The van der Waals surface area contributed by atoms with Gasteiger partial charge in [0.15, 0.2) is 11.5 Å². The van der Waals surface area contributed by atoms with Crippen LogP contribution in [-0.2, 0) is 30.3 Å². The maximum Gasteiger partial charge on any atom is 0.421 e. The third-order valence-electron chi connectivity index (χ3n) is 6.71. The van der Waals surface area contributed by atoms with Crippen molar-refractivity contribution in [3.63, 3.8) is 0 Å². The van der Waals surface area contributed by atoms with Crippen LogP contribution in [0.2, 0.25) is 0 Å². The lowest BCUT2D eigenvalue weighted by Crippen LogP contribution is -2.55. The molecule has 1 atom stereocenters. The minimum absolute atomic E-state index is 0.0804. The Balaban J connectivity index is 1.23. The molecule has 3 aliphatic rings. The molecule has 3 aliphatic heterocycles. The Bertz CT molecular complexity index is 1120. The number of hydrogen-bond acceptors (Lipinski definition) is 8. The van der Waals surface area contributed by atoms with Gasteiger partial charge in [0.05, 0.1) is 7.11 Å². The summed E-state index contributed by atoms with van der Waals surface area (Å²) in [5, 5.41) is 0. The van der Waals surface area contributed by atoms with Crippen molar-refractivity contribution in [2.24, 2.45) is 0 Å². The number of methoxy groups -OCH3 is 1. The van der Waals surface area contributed by atoms with Gasteiger partial charge in [-0.25, -0.2) is 9.59 Å². The van der Waals surface area contributed by atoms with Gasteiger partial charge in [0, 0.05) is 38.3 Å². The SMILES string of the molecule is COc1ccccc1OC1CCN(CCc2ccccc2N2CCCC3(OC(=O)C(=O)O3)C2=O)C1. The van der Waals surface area contributed by atoms with Crippen molar-refractivity contribution in [2.75, 3.05) is 38.2 Å². The molecule has 1 spiro atoms. The van der Waals surface area contributed by atoms with Crippen molar-refractivity contribution in [3.05, 3.63) is 54.1 Å². The lowest BCUT2D eigenvalue weighted by atomic mass is 10.00. The summed E-state index contributed by atoms with van der Waals surface area (Å²) < 4.78 is 21.8. The summed E-state index contributed by atoms with van der Waals surface area (Å²) in [6.07, 6.45) is 2.45. The van der Waals surface area contributed by atoms with E-state index in [0.717, 1.165) is 55.2 Å². The van der Waals surface area contributed by atoms with Crippen molar-refractivity contribution in [2.45, 2.75) is 37.6 Å². The molecule has 35 heavy (non-hydrogen) atoms. The molecule has 2 aromatic rings. The number of ether oxygens (including phenoxy) is 4. The van der Waals surface area contributed by atoms with Crippen LogP contribution in [0.25, 0.3) is 0 Å². The number of amides is 1. The summed E-state index contributed by atoms with van der Waals surface area (Å²) in [5.74, 6) is -3.11. The molecule has 3 heterocycles. The first-order chi connectivity index (χ1) is 17.0. The van der Waals surface area contributed by atoms with Crippen LogP contribution in [0.3, 0.4) is 0 Å². The van der Waals surface area contributed by atoms with E-state index >= 15 is 0 Å². The van der Waals surface area contributed by atoms with Crippen molar-refractivity contribution >= 4 is 23.5 Å². The second-order valence-electron chi connectivity index (χ2n) is 8.95. The molecule has 0 saturated carbocycles. The first kappa shape index (κ1) is 23.2. The molecule has 9 heteroatoms. The third-order valence-corrected chi connectivity index (χ3v) is 6.71. The molecule has 3 saturated heterocycles. The fourth-order valence-electron chi connectivity index (χ4n) is 4.96. The average Bonchev–Trinajstić information content (AvgIpc) is 3.43. The van der Waals surface area contributed by atoms with Crippen LogP contribution >= 0.6 is 0 Å². The second kappa shape index (κ2) is 9.58. The zero-order valence-electron chi connectivity index (χ0n) is 19.6. The Hall–Kier alpha value is -3.59. The Morgan fingerprint density at radius 2 is 1.69 bits per heavy atom. The van der Waals surface area contributed by atoms with E-state index in [1.54, 1.807) is 12.0 Å². The Morgan fingerprint density at radius 1 is 0.971 bits per heavy atom. The van der Waals surface area contributed by atoms with E-state index in [0.29, 0.717) is 13.0 Å². The van der Waals surface area contributed by atoms with Crippen LogP contribution in [0, 0.1) is 0 Å². The Labute approximate surface area is 203 Å². The molecule has 5 rings (SSSR count). The molecular formula is C26H28N2O7. The molecule has 9 nitrogen and oxygen atoms in total. The van der Waals surface area contributed by atoms with Crippen LogP contribution in [-0.4, -0.2) is 67.9 Å². The van der Waals surface area contributed by atoms with E-state index < -0.39 is 23.6 Å². The molecular weight excluding hydrogens is 452 g/mol. The summed E-state index contributed by atoms with van der Waals surface area (Å²) in [6.45, 7) is 2.99. The summed E-state index contributed by atoms with van der Waals surface area (Å²) >= 11 is 0. The Kier molecular flexibility index (Phi) is 6.34. The van der Waals surface area contributed by atoms with Crippen molar-refractivity contribution in [3.8, 4) is 11.5 Å². The monoisotopic (exact) mass is 480 g/mol. The van der Waals surface area contributed by atoms with Gasteiger partial charge < -0.3 is 23.8 Å². The predicted octanol–water partition coefficient (Wildman–Crippen LogP) is 2.31. The van der Waals surface area contributed by atoms with Gasteiger partial charge in [0.25, 0.3) is 0 Å². The minimum Gasteiger partial charge on any atom is -0.493 e. The normalized spacial score (nSPS) is 21.8. The summed E-state index contributed by atoms with van der Waals surface area (Å²) in [4.78, 5) is 40.5. The molecule has 0 aromatic heterocycles. The second-order valence-corrected chi connectivity index (χ2v) is 8.95. The molecule has 3 fully saturated rings. The number of anilines is 1. The van der Waals surface area contributed by atoms with Gasteiger partial charge in [0.1, 0.15) is 6.10 Å². The summed E-state index contributed by atoms with van der Waals surface area (Å²) in [7, 11) is 1.64. The number of rotatable bonds is 7. The van der Waals surface area contributed by atoms with E-state index in [4.69, 9.17) is 18.9 Å². The van der Waals surface area contributed by atoms with Crippen LogP contribution in [0.5, 0.6) is 11.5 Å². The third kappa shape index (κ3) is 4.55. The van der Waals surface area contributed by atoms with E-state index in [1.807, 2.05) is 48.5 Å². The quantitative estimate of drug-likeness (QED) is 0.440.